The van der Waals surface area contributed by atoms with E-state index in [0.717, 1.165) is 34.5 Å². The molecule has 1 unspecified atom stereocenters. The maximum atomic E-state index is 5.37. The highest BCUT2D eigenvalue weighted by Gasteiger charge is 2.11. The van der Waals surface area contributed by atoms with Gasteiger partial charge in [0, 0.05) is 17.5 Å². The van der Waals surface area contributed by atoms with Crippen LogP contribution in [0.25, 0.3) is 0 Å². The van der Waals surface area contributed by atoms with Gasteiger partial charge < -0.3 is 14.8 Å². The van der Waals surface area contributed by atoms with Gasteiger partial charge >= 0.3 is 0 Å². The minimum atomic E-state index is 0.426. The van der Waals surface area contributed by atoms with Crippen LogP contribution in [0.4, 0.5) is 0 Å². The molecule has 1 aromatic carbocycles. The van der Waals surface area contributed by atoms with E-state index in [1.165, 1.54) is 4.88 Å². The molecule has 0 aliphatic carbocycles. The summed E-state index contributed by atoms with van der Waals surface area (Å²) in [5, 5.41) is 5.66. The van der Waals surface area contributed by atoms with E-state index in [0.29, 0.717) is 6.04 Å². The van der Waals surface area contributed by atoms with Crippen LogP contribution >= 0.6 is 27.3 Å². The molecule has 5 heteroatoms. The Kier molecular flexibility index (Phi) is 6.08. The number of hydrogen-bond donors (Lipinski definition) is 1. The summed E-state index contributed by atoms with van der Waals surface area (Å²) in [6, 6.07) is 8.77. The van der Waals surface area contributed by atoms with Crippen LogP contribution < -0.4 is 14.8 Å². The fourth-order valence-corrected chi connectivity index (χ4v) is 3.65. The van der Waals surface area contributed by atoms with Crippen molar-refractivity contribution in [2.75, 3.05) is 14.2 Å². The summed E-state index contributed by atoms with van der Waals surface area (Å²) >= 11 is 5.33. The van der Waals surface area contributed by atoms with Gasteiger partial charge in [0.05, 0.1) is 18.7 Å². The van der Waals surface area contributed by atoms with Gasteiger partial charge in [-0.2, -0.15) is 0 Å². The van der Waals surface area contributed by atoms with Crippen LogP contribution in [0, 0.1) is 0 Å². The van der Waals surface area contributed by atoms with Crippen LogP contribution in [-0.4, -0.2) is 20.3 Å². The fraction of sp³-hybridized carbons (Fsp3) is 0.375. The standard InChI is InChI=1S/C16H20BrNO2S/c1-11(7-13-5-4-6-21-13)18-10-12-8-14(17)16(20-3)15(9-12)19-2/h4-6,8-9,11,18H,7,10H2,1-3H3. The zero-order chi connectivity index (χ0) is 15.2. The normalized spacial score (nSPS) is 12.2. The molecular formula is C16H20BrNO2S. The SMILES string of the molecule is COc1cc(CNC(C)Cc2cccs2)cc(Br)c1OC. The van der Waals surface area contributed by atoms with E-state index < -0.39 is 0 Å². The van der Waals surface area contributed by atoms with E-state index in [1.807, 2.05) is 6.07 Å². The summed E-state index contributed by atoms with van der Waals surface area (Å²) in [5.74, 6) is 1.47. The lowest BCUT2D eigenvalue weighted by Crippen LogP contribution is -2.27. The second-order valence-corrected chi connectivity index (χ2v) is 6.77. The van der Waals surface area contributed by atoms with Gasteiger partial charge in [-0.15, -0.1) is 11.3 Å². The average molecular weight is 370 g/mol. The van der Waals surface area contributed by atoms with Crippen LogP contribution in [0.1, 0.15) is 17.4 Å². The molecule has 1 heterocycles. The highest BCUT2D eigenvalue weighted by atomic mass is 79.9. The van der Waals surface area contributed by atoms with Crippen molar-refractivity contribution in [3.63, 3.8) is 0 Å². The summed E-state index contributed by atoms with van der Waals surface area (Å²) in [4.78, 5) is 1.41. The van der Waals surface area contributed by atoms with Crippen molar-refractivity contribution in [2.45, 2.75) is 25.9 Å². The first-order valence-electron chi connectivity index (χ1n) is 6.80. The Balaban J connectivity index is 1.98. The maximum Gasteiger partial charge on any atom is 0.174 e. The molecule has 1 atom stereocenters. The lowest BCUT2D eigenvalue weighted by atomic mass is 10.1. The molecule has 2 rings (SSSR count). The zero-order valence-corrected chi connectivity index (χ0v) is 14.9. The third kappa shape index (κ3) is 4.46. The molecule has 0 saturated heterocycles. The molecule has 21 heavy (non-hydrogen) atoms. The Morgan fingerprint density at radius 3 is 2.71 bits per heavy atom. The van der Waals surface area contributed by atoms with Crippen molar-refractivity contribution in [1.82, 2.24) is 5.32 Å². The Bertz CT molecular complexity index is 572. The summed E-state index contributed by atoms with van der Waals surface area (Å²) < 4.78 is 11.6. The fourth-order valence-electron chi connectivity index (χ4n) is 2.17. The predicted octanol–water partition coefficient (Wildman–Crippen LogP) is 4.25. The largest absolute Gasteiger partial charge is 0.493 e. The first kappa shape index (κ1) is 16.3. The van der Waals surface area contributed by atoms with Crippen molar-refractivity contribution >= 4 is 27.3 Å². The van der Waals surface area contributed by atoms with Crippen molar-refractivity contribution in [1.29, 1.82) is 0 Å². The second kappa shape index (κ2) is 7.82. The molecule has 0 aliphatic rings. The minimum Gasteiger partial charge on any atom is -0.493 e. The van der Waals surface area contributed by atoms with E-state index in [4.69, 9.17) is 9.47 Å². The number of benzene rings is 1. The van der Waals surface area contributed by atoms with E-state index in [2.05, 4.69) is 51.7 Å². The first-order valence-corrected chi connectivity index (χ1v) is 8.47. The maximum absolute atomic E-state index is 5.37. The van der Waals surface area contributed by atoms with Crippen molar-refractivity contribution in [2.24, 2.45) is 0 Å². The Labute approximate surface area is 138 Å². The van der Waals surface area contributed by atoms with Crippen LogP contribution in [-0.2, 0) is 13.0 Å². The topological polar surface area (TPSA) is 30.5 Å². The van der Waals surface area contributed by atoms with Crippen LogP contribution in [0.15, 0.2) is 34.1 Å². The summed E-state index contributed by atoms with van der Waals surface area (Å²) in [7, 11) is 3.30. The molecule has 114 valence electrons. The van der Waals surface area contributed by atoms with Crippen LogP contribution in [0.2, 0.25) is 0 Å². The number of ether oxygens (including phenoxy) is 2. The monoisotopic (exact) mass is 369 g/mol. The van der Waals surface area contributed by atoms with Gasteiger partial charge in [-0.05, 0) is 58.4 Å². The highest BCUT2D eigenvalue weighted by molar-refractivity contribution is 9.10. The number of methoxy groups -OCH3 is 2. The van der Waals surface area contributed by atoms with E-state index in [1.54, 1.807) is 25.6 Å². The lowest BCUT2D eigenvalue weighted by molar-refractivity contribution is 0.352. The zero-order valence-electron chi connectivity index (χ0n) is 12.5. The molecule has 0 fully saturated rings. The second-order valence-electron chi connectivity index (χ2n) is 4.88. The first-order chi connectivity index (χ1) is 10.1. The molecule has 1 N–H and O–H groups in total. The molecule has 3 nitrogen and oxygen atoms in total. The number of halogens is 1. The van der Waals surface area contributed by atoms with Gasteiger partial charge in [0.2, 0.25) is 0 Å². The summed E-state index contributed by atoms with van der Waals surface area (Å²) in [5.41, 5.74) is 1.16. The van der Waals surface area contributed by atoms with Gasteiger partial charge in [-0.1, -0.05) is 6.07 Å². The van der Waals surface area contributed by atoms with E-state index >= 15 is 0 Å². The van der Waals surface area contributed by atoms with Gasteiger partial charge in [0.25, 0.3) is 0 Å². The van der Waals surface area contributed by atoms with E-state index in [9.17, 15) is 0 Å². The van der Waals surface area contributed by atoms with Gasteiger partial charge in [0.15, 0.2) is 11.5 Å². The average Bonchev–Trinajstić information content (AvgIpc) is 2.97. The third-order valence-electron chi connectivity index (χ3n) is 3.24. The molecule has 0 bridgehead atoms. The van der Waals surface area contributed by atoms with Crippen LogP contribution in [0.3, 0.4) is 0 Å². The molecule has 2 aromatic rings. The van der Waals surface area contributed by atoms with Crippen molar-refractivity contribution in [3.05, 3.63) is 44.6 Å². The molecule has 0 spiro atoms. The van der Waals surface area contributed by atoms with Gasteiger partial charge in [-0.3, -0.25) is 0 Å². The Hall–Kier alpha value is -1.04. The molecular weight excluding hydrogens is 350 g/mol. The Morgan fingerprint density at radius 1 is 1.29 bits per heavy atom. The minimum absolute atomic E-state index is 0.426. The molecule has 0 amide bonds. The van der Waals surface area contributed by atoms with Gasteiger partial charge in [0.1, 0.15) is 0 Å². The van der Waals surface area contributed by atoms with Gasteiger partial charge in [-0.25, -0.2) is 0 Å². The smallest absolute Gasteiger partial charge is 0.174 e. The molecule has 0 radical (unpaired) electrons. The molecule has 0 aliphatic heterocycles. The van der Waals surface area contributed by atoms with Crippen molar-refractivity contribution in [3.8, 4) is 11.5 Å². The predicted molar refractivity (Wildman–Crippen MR) is 91.6 cm³/mol. The molecule has 0 saturated carbocycles. The summed E-state index contributed by atoms with van der Waals surface area (Å²) in [6.45, 7) is 3.00. The Morgan fingerprint density at radius 2 is 2.10 bits per heavy atom. The lowest BCUT2D eigenvalue weighted by Gasteiger charge is -2.15. The highest BCUT2D eigenvalue weighted by Crippen LogP contribution is 2.36. The number of nitrogens with one attached hydrogen (secondary N) is 1. The third-order valence-corrected chi connectivity index (χ3v) is 4.72. The number of rotatable bonds is 7. The van der Waals surface area contributed by atoms with Crippen molar-refractivity contribution < 1.29 is 9.47 Å². The molecule has 1 aromatic heterocycles. The van der Waals surface area contributed by atoms with E-state index in [-0.39, 0.29) is 0 Å². The quantitative estimate of drug-likeness (QED) is 0.791. The number of thiophene rings is 1. The number of hydrogen-bond acceptors (Lipinski definition) is 4. The summed E-state index contributed by atoms with van der Waals surface area (Å²) in [6.07, 6.45) is 1.05. The van der Waals surface area contributed by atoms with Crippen LogP contribution in [0.5, 0.6) is 11.5 Å².